The lowest BCUT2D eigenvalue weighted by Gasteiger charge is -2.10. The van der Waals surface area contributed by atoms with E-state index in [1.165, 1.54) is 0 Å². The van der Waals surface area contributed by atoms with E-state index in [0.717, 1.165) is 0 Å². The first-order chi connectivity index (χ1) is 7.43. The second kappa shape index (κ2) is 7.89. The van der Waals surface area contributed by atoms with Gasteiger partial charge in [-0.1, -0.05) is 0 Å². The van der Waals surface area contributed by atoms with Crippen LogP contribution in [0.5, 0.6) is 0 Å². The van der Waals surface area contributed by atoms with E-state index in [0.29, 0.717) is 13.2 Å². The number of hydrogen-bond donors (Lipinski definition) is 4. The second-order valence-electron chi connectivity index (χ2n) is 3.41. The number of aliphatic hydroxyl groups is 1. The summed E-state index contributed by atoms with van der Waals surface area (Å²) in [4.78, 5) is 21.2. The molecule has 0 heterocycles. The van der Waals surface area contributed by atoms with E-state index in [-0.39, 0.29) is 12.6 Å². The van der Waals surface area contributed by atoms with Crippen molar-refractivity contribution in [3.05, 3.63) is 0 Å². The molecule has 7 heteroatoms. The van der Waals surface area contributed by atoms with Gasteiger partial charge >= 0.3 is 12.0 Å². The fourth-order valence-corrected chi connectivity index (χ4v) is 0.798. The highest BCUT2D eigenvalue weighted by molar-refractivity contribution is 5.76. The van der Waals surface area contributed by atoms with Crippen LogP contribution in [0.15, 0.2) is 0 Å². The predicted octanol–water partition coefficient (Wildman–Crippen LogP) is -0.844. The van der Waals surface area contributed by atoms with Crippen molar-refractivity contribution in [3.63, 3.8) is 0 Å². The summed E-state index contributed by atoms with van der Waals surface area (Å²) in [5.41, 5.74) is 0. The highest BCUT2D eigenvalue weighted by Gasteiger charge is 2.13. The Bertz CT molecular complexity index is 232. The topological polar surface area (TPSA) is 108 Å². The summed E-state index contributed by atoms with van der Waals surface area (Å²) in [6, 6.07) is -0.535. The van der Waals surface area contributed by atoms with Crippen LogP contribution < -0.4 is 10.6 Å². The fourth-order valence-electron chi connectivity index (χ4n) is 0.798. The molecule has 1 unspecified atom stereocenters. The van der Waals surface area contributed by atoms with Gasteiger partial charge in [-0.2, -0.15) is 0 Å². The Morgan fingerprint density at radius 3 is 2.44 bits per heavy atom. The van der Waals surface area contributed by atoms with Gasteiger partial charge in [0, 0.05) is 6.54 Å². The number of amides is 2. The molecule has 0 saturated carbocycles. The third-order valence-corrected chi connectivity index (χ3v) is 1.58. The minimum Gasteiger partial charge on any atom is -0.479 e. The van der Waals surface area contributed by atoms with Crippen LogP contribution in [0.4, 0.5) is 4.79 Å². The van der Waals surface area contributed by atoms with Crippen LogP contribution in [0.3, 0.4) is 0 Å². The summed E-state index contributed by atoms with van der Waals surface area (Å²) in [7, 11) is 0. The predicted molar refractivity (Wildman–Crippen MR) is 56.1 cm³/mol. The lowest BCUT2D eigenvalue weighted by molar-refractivity contribution is -0.146. The van der Waals surface area contributed by atoms with Crippen LogP contribution in [-0.2, 0) is 9.53 Å². The molecule has 16 heavy (non-hydrogen) atoms. The van der Waals surface area contributed by atoms with Crippen molar-refractivity contribution in [1.82, 2.24) is 10.6 Å². The van der Waals surface area contributed by atoms with Gasteiger partial charge < -0.3 is 25.6 Å². The fraction of sp³-hybridized carbons (Fsp3) is 0.778. The number of urea groups is 1. The Hall–Kier alpha value is -1.34. The van der Waals surface area contributed by atoms with Crippen molar-refractivity contribution in [3.8, 4) is 0 Å². The normalized spacial score (nSPS) is 12.2. The van der Waals surface area contributed by atoms with Crippen molar-refractivity contribution in [2.75, 3.05) is 19.7 Å². The Morgan fingerprint density at radius 1 is 1.31 bits per heavy atom. The molecule has 0 bridgehead atoms. The lowest BCUT2D eigenvalue weighted by Crippen LogP contribution is -2.43. The van der Waals surface area contributed by atoms with Crippen molar-refractivity contribution in [2.45, 2.75) is 26.1 Å². The Kier molecular flexibility index (Phi) is 7.23. The molecule has 0 rings (SSSR count). The standard InChI is InChI=1S/C9H18N2O5/c1-6(2)16-4-3-10-9(15)11-5-7(12)8(13)14/h6-7,12H,3-5H2,1-2H3,(H,13,14)(H2,10,11,15). The van der Waals surface area contributed by atoms with Gasteiger partial charge in [0.25, 0.3) is 0 Å². The molecule has 0 aliphatic heterocycles. The quantitative estimate of drug-likeness (QED) is 0.429. The molecule has 0 aromatic carbocycles. The SMILES string of the molecule is CC(C)OCCNC(=O)NCC(O)C(=O)O. The number of aliphatic carboxylic acids is 1. The molecule has 0 spiro atoms. The molecule has 0 radical (unpaired) electrons. The first kappa shape index (κ1) is 14.7. The highest BCUT2D eigenvalue weighted by Crippen LogP contribution is 1.85. The zero-order valence-electron chi connectivity index (χ0n) is 9.40. The van der Waals surface area contributed by atoms with Crippen LogP contribution in [0, 0.1) is 0 Å². The zero-order valence-corrected chi connectivity index (χ0v) is 9.40. The minimum absolute atomic E-state index is 0.0960. The molecule has 0 aliphatic rings. The molecule has 0 aromatic heterocycles. The van der Waals surface area contributed by atoms with Gasteiger partial charge in [0.1, 0.15) is 0 Å². The summed E-state index contributed by atoms with van der Waals surface area (Å²) in [6.07, 6.45) is -1.49. The number of carbonyl (C=O) groups is 2. The number of carboxylic acids is 1. The van der Waals surface area contributed by atoms with Gasteiger partial charge in [0.2, 0.25) is 0 Å². The number of rotatable bonds is 7. The first-order valence-corrected chi connectivity index (χ1v) is 4.97. The minimum atomic E-state index is -1.59. The molecule has 0 aromatic rings. The van der Waals surface area contributed by atoms with Gasteiger partial charge in [0.15, 0.2) is 6.10 Å². The first-order valence-electron chi connectivity index (χ1n) is 4.97. The summed E-state index contributed by atoms with van der Waals surface area (Å²) < 4.78 is 5.17. The van der Waals surface area contributed by atoms with E-state index in [9.17, 15) is 9.59 Å². The van der Waals surface area contributed by atoms with Crippen molar-refractivity contribution in [2.24, 2.45) is 0 Å². The van der Waals surface area contributed by atoms with E-state index in [4.69, 9.17) is 14.9 Å². The van der Waals surface area contributed by atoms with Crippen LogP contribution in [-0.4, -0.2) is 54.1 Å². The number of ether oxygens (including phenoxy) is 1. The van der Waals surface area contributed by atoms with Gasteiger partial charge in [0.05, 0.1) is 19.3 Å². The van der Waals surface area contributed by atoms with Crippen LogP contribution in [0.2, 0.25) is 0 Å². The monoisotopic (exact) mass is 234 g/mol. The van der Waals surface area contributed by atoms with Gasteiger partial charge in [-0.15, -0.1) is 0 Å². The molecule has 0 aliphatic carbocycles. The highest BCUT2D eigenvalue weighted by atomic mass is 16.5. The molecule has 4 N–H and O–H groups in total. The number of hydrogen-bond acceptors (Lipinski definition) is 4. The Morgan fingerprint density at radius 2 is 1.94 bits per heavy atom. The number of nitrogens with one attached hydrogen (secondary N) is 2. The average molecular weight is 234 g/mol. The molecular formula is C9H18N2O5. The van der Waals surface area contributed by atoms with E-state index in [2.05, 4.69) is 10.6 Å². The molecule has 7 nitrogen and oxygen atoms in total. The van der Waals surface area contributed by atoms with Crippen LogP contribution in [0.25, 0.3) is 0 Å². The molecule has 0 saturated heterocycles. The van der Waals surface area contributed by atoms with E-state index in [1.807, 2.05) is 13.8 Å². The summed E-state index contributed by atoms with van der Waals surface area (Å²) in [5.74, 6) is -1.37. The summed E-state index contributed by atoms with van der Waals surface area (Å²) in [5, 5.41) is 21.9. The van der Waals surface area contributed by atoms with Crippen molar-refractivity contribution >= 4 is 12.0 Å². The molecule has 0 fully saturated rings. The second-order valence-corrected chi connectivity index (χ2v) is 3.41. The number of carbonyl (C=O) groups excluding carboxylic acids is 1. The summed E-state index contributed by atoms with van der Waals surface area (Å²) >= 11 is 0. The smallest absolute Gasteiger partial charge is 0.334 e. The van der Waals surface area contributed by atoms with Gasteiger partial charge in [-0.3, -0.25) is 0 Å². The maximum Gasteiger partial charge on any atom is 0.334 e. The number of carboxylic acid groups (broad SMARTS) is 1. The lowest BCUT2D eigenvalue weighted by atomic mass is 10.4. The third kappa shape index (κ3) is 8.01. The van der Waals surface area contributed by atoms with Crippen molar-refractivity contribution < 1.29 is 24.5 Å². The number of aliphatic hydroxyl groups excluding tert-OH is 1. The van der Waals surface area contributed by atoms with E-state index >= 15 is 0 Å². The van der Waals surface area contributed by atoms with Gasteiger partial charge in [-0.25, -0.2) is 9.59 Å². The zero-order chi connectivity index (χ0) is 12.6. The maximum absolute atomic E-state index is 11.0. The third-order valence-electron chi connectivity index (χ3n) is 1.58. The molecule has 2 amide bonds. The molecular weight excluding hydrogens is 216 g/mol. The Labute approximate surface area is 93.8 Å². The van der Waals surface area contributed by atoms with Crippen LogP contribution >= 0.6 is 0 Å². The van der Waals surface area contributed by atoms with Gasteiger partial charge in [-0.05, 0) is 13.8 Å². The van der Waals surface area contributed by atoms with E-state index in [1.54, 1.807) is 0 Å². The largest absolute Gasteiger partial charge is 0.479 e. The summed E-state index contributed by atoms with van der Waals surface area (Å²) in [6.45, 7) is 4.14. The Balaban J connectivity index is 3.48. The van der Waals surface area contributed by atoms with Crippen LogP contribution in [0.1, 0.15) is 13.8 Å². The van der Waals surface area contributed by atoms with Crippen molar-refractivity contribution in [1.29, 1.82) is 0 Å². The average Bonchev–Trinajstić information content (AvgIpc) is 2.20. The maximum atomic E-state index is 11.0. The molecule has 1 atom stereocenters. The molecule has 94 valence electrons. The van der Waals surface area contributed by atoms with E-state index < -0.39 is 18.1 Å².